The van der Waals surface area contributed by atoms with Crippen molar-refractivity contribution < 1.29 is 23.5 Å². The first-order chi connectivity index (χ1) is 14.1. The van der Waals surface area contributed by atoms with Gasteiger partial charge in [0.1, 0.15) is 5.82 Å². The molecule has 1 N–H and O–H groups in total. The lowest BCUT2D eigenvalue weighted by Gasteiger charge is -2.35. The summed E-state index contributed by atoms with van der Waals surface area (Å²) < 4.78 is 19.1. The largest absolute Gasteiger partial charge is 0.447 e. The molecule has 0 saturated carbocycles. The number of hydrogen-bond acceptors (Lipinski definition) is 5. The summed E-state index contributed by atoms with van der Waals surface area (Å²) in [5, 5.41) is 2.85. The van der Waals surface area contributed by atoms with Crippen LogP contribution in [0.5, 0.6) is 0 Å². The molecule has 3 rings (SSSR count). The Hall–Kier alpha value is -2.48. The molecule has 0 aliphatic carbocycles. The lowest BCUT2D eigenvalue weighted by atomic mass is 9.86. The number of piperidine rings is 1. The Morgan fingerprint density at radius 2 is 1.97 bits per heavy atom. The number of ether oxygens (including phenoxy) is 1. The molecule has 0 aromatic heterocycles. The van der Waals surface area contributed by atoms with Crippen LogP contribution < -0.4 is 10.2 Å². The van der Waals surface area contributed by atoms with E-state index in [9.17, 15) is 18.8 Å². The Morgan fingerprint density at radius 1 is 1.30 bits per heavy atom. The van der Waals surface area contributed by atoms with Crippen LogP contribution >= 0.6 is 0 Å². The van der Waals surface area contributed by atoms with E-state index in [2.05, 4.69) is 10.2 Å². The summed E-state index contributed by atoms with van der Waals surface area (Å²) in [6.07, 6.45) is 1.79. The highest BCUT2D eigenvalue weighted by atomic mass is 19.1. The van der Waals surface area contributed by atoms with Crippen molar-refractivity contribution in [1.82, 2.24) is 10.2 Å². The van der Waals surface area contributed by atoms with Crippen molar-refractivity contribution >= 4 is 23.6 Å². The lowest BCUT2D eigenvalue weighted by molar-refractivity contribution is -0.158. The molecule has 0 radical (unpaired) electrons. The number of carbonyl (C=O) groups is 3. The number of fused-ring (bicyclic) bond motifs is 1. The van der Waals surface area contributed by atoms with Crippen molar-refractivity contribution in [2.75, 3.05) is 24.5 Å². The van der Waals surface area contributed by atoms with Crippen LogP contribution in [0.1, 0.15) is 52.5 Å². The van der Waals surface area contributed by atoms with Crippen LogP contribution in [0, 0.1) is 11.7 Å². The maximum Gasteiger partial charge on any atom is 0.328 e. The minimum atomic E-state index is -0.877. The summed E-state index contributed by atoms with van der Waals surface area (Å²) in [5.74, 6) is -0.798. The number of esters is 1. The van der Waals surface area contributed by atoms with Gasteiger partial charge in [-0.05, 0) is 57.2 Å². The van der Waals surface area contributed by atoms with Gasteiger partial charge in [0.25, 0.3) is 0 Å². The van der Waals surface area contributed by atoms with Gasteiger partial charge in [0, 0.05) is 26.1 Å². The van der Waals surface area contributed by atoms with Crippen LogP contribution in [0.3, 0.4) is 0 Å². The van der Waals surface area contributed by atoms with Gasteiger partial charge < -0.3 is 10.1 Å². The number of carbonyl (C=O) groups excluding carboxylic acids is 3. The Balaban J connectivity index is 1.55. The van der Waals surface area contributed by atoms with Crippen LogP contribution in [0.15, 0.2) is 18.2 Å². The standard InChI is InChI=1S/C22H30FN3O4/c1-5-19(27)30-14(2)25-10-8-15(9-11-25)13-24-21(29)26-18-12-16(23)6-7-17(18)22(3,4)20(26)28/h6-7,12,14-15H,5,8-11,13H2,1-4H3,(H,24,29). The highest BCUT2D eigenvalue weighted by Crippen LogP contribution is 2.41. The molecule has 0 spiro atoms. The van der Waals surface area contributed by atoms with Crippen LogP contribution in [-0.2, 0) is 19.7 Å². The second kappa shape index (κ2) is 8.71. The predicted octanol–water partition coefficient (Wildman–Crippen LogP) is 3.17. The first-order valence-electron chi connectivity index (χ1n) is 10.5. The summed E-state index contributed by atoms with van der Waals surface area (Å²) in [4.78, 5) is 40.2. The minimum Gasteiger partial charge on any atom is -0.447 e. The van der Waals surface area contributed by atoms with Crippen molar-refractivity contribution in [2.45, 2.75) is 58.6 Å². The van der Waals surface area contributed by atoms with Gasteiger partial charge in [0.2, 0.25) is 5.91 Å². The Labute approximate surface area is 176 Å². The number of anilines is 1. The molecule has 2 aliphatic rings. The zero-order chi connectivity index (χ0) is 22.1. The van der Waals surface area contributed by atoms with E-state index in [1.54, 1.807) is 26.8 Å². The smallest absolute Gasteiger partial charge is 0.328 e. The molecule has 30 heavy (non-hydrogen) atoms. The number of imide groups is 1. The fourth-order valence-corrected chi connectivity index (χ4v) is 4.10. The molecule has 0 bridgehead atoms. The van der Waals surface area contributed by atoms with Crippen LogP contribution in [-0.4, -0.2) is 48.7 Å². The molecule has 164 valence electrons. The quantitative estimate of drug-likeness (QED) is 0.742. The summed E-state index contributed by atoms with van der Waals surface area (Å²) in [7, 11) is 0. The number of halogens is 1. The van der Waals surface area contributed by atoms with Crippen molar-refractivity contribution in [3.8, 4) is 0 Å². The van der Waals surface area contributed by atoms with E-state index in [0.717, 1.165) is 30.8 Å². The maximum atomic E-state index is 13.8. The average molecular weight is 419 g/mol. The molecule has 1 atom stereocenters. The monoisotopic (exact) mass is 419 g/mol. The van der Waals surface area contributed by atoms with Gasteiger partial charge in [-0.1, -0.05) is 13.0 Å². The molecule has 1 fully saturated rings. The molecule has 1 aromatic carbocycles. The number of nitrogens with zero attached hydrogens (tertiary/aromatic N) is 2. The van der Waals surface area contributed by atoms with Gasteiger partial charge in [0.05, 0.1) is 11.1 Å². The van der Waals surface area contributed by atoms with Gasteiger partial charge in [-0.25, -0.2) is 14.1 Å². The van der Waals surface area contributed by atoms with E-state index in [4.69, 9.17) is 4.74 Å². The number of nitrogens with one attached hydrogen (secondary N) is 1. The summed E-state index contributed by atoms with van der Waals surface area (Å²) in [6, 6.07) is 3.59. The Bertz CT molecular complexity index is 834. The fourth-order valence-electron chi connectivity index (χ4n) is 4.10. The van der Waals surface area contributed by atoms with Gasteiger partial charge in [-0.15, -0.1) is 0 Å². The number of benzene rings is 1. The van der Waals surface area contributed by atoms with Crippen molar-refractivity contribution in [2.24, 2.45) is 5.92 Å². The third-order valence-corrected chi connectivity index (χ3v) is 6.11. The lowest BCUT2D eigenvalue weighted by Crippen LogP contribution is -2.48. The van der Waals surface area contributed by atoms with Crippen LogP contribution in [0.2, 0.25) is 0 Å². The van der Waals surface area contributed by atoms with Crippen molar-refractivity contribution in [1.29, 1.82) is 0 Å². The van der Waals surface area contributed by atoms with E-state index in [1.807, 2.05) is 6.92 Å². The van der Waals surface area contributed by atoms with Crippen LogP contribution in [0.4, 0.5) is 14.9 Å². The third kappa shape index (κ3) is 4.33. The number of urea groups is 1. The highest BCUT2D eigenvalue weighted by Gasteiger charge is 2.46. The summed E-state index contributed by atoms with van der Waals surface area (Å²) in [6.45, 7) is 9.08. The molecule has 2 aliphatic heterocycles. The normalized spacial score (nSPS) is 20.0. The van der Waals surface area contributed by atoms with Gasteiger partial charge in [-0.3, -0.25) is 14.5 Å². The molecule has 8 heteroatoms. The van der Waals surface area contributed by atoms with E-state index >= 15 is 0 Å². The molecule has 1 saturated heterocycles. The first kappa shape index (κ1) is 22.2. The number of hydrogen-bond donors (Lipinski definition) is 1. The first-order valence-corrected chi connectivity index (χ1v) is 10.5. The maximum absolute atomic E-state index is 13.8. The zero-order valence-electron chi connectivity index (χ0n) is 18.0. The SMILES string of the molecule is CCC(=O)OC(C)N1CCC(CNC(=O)N2C(=O)C(C)(C)c3ccc(F)cc32)CC1. The number of rotatable bonds is 5. The Kier molecular flexibility index (Phi) is 6.45. The van der Waals surface area contributed by atoms with E-state index in [0.29, 0.717) is 24.2 Å². The Morgan fingerprint density at radius 3 is 2.60 bits per heavy atom. The summed E-state index contributed by atoms with van der Waals surface area (Å²) >= 11 is 0. The highest BCUT2D eigenvalue weighted by molar-refractivity contribution is 6.22. The summed E-state index contributed by atoms with van der Waals surface area (Å²) in [5.41, 5.74) is 0.0782. The van der Waals surface area contributed by atoms with Gasteiger partial charge >= 0.3 is 12.0 Å². The van der Waals surface area contributed by atoms with E-state index in [1.165, 1.54) is 12.1 Å². The van der Waals surface area contributed by atoms with Crippen LogP contribution in [0.25, 0.3) is 0 Å². The molecule has 1 unspecified atom stereocenters. The zero-order valence-corrected chi connectivity index (χ0v) is 18.0. The van der Waals surface area contributed by atoms with E-state index in [-0.39, 0.29) is 24.0 Å². The molecular formula is C22H30FN3O4. The fraction of sp³-hybridized carbons (Fsp3) is 0.591. The number of likely N-dealkylation sites (tertiary alicyclic amines) is 1. The van der Waals surface area contributed by atoms with Crippen molar-refractivity contribution in [3.63, 3.8) is 0 Å². The molecule has 1 aromatic rings. The minimum absolute atomic E-state index is 0.216. The van der Waals surface area contributed by atoms with Crippen molar-refractivity contribution in [3.05, 3.63) is 29.6 Å². The average Bonchev–Trinajstić information content (AvgIpc) is 2.91. The second-order valence-electron chi connectivity index (χ2n) is 8.54. The second-order valence-corrected chi connectivity index (χ2v) is 8.54. The topological polar surface area (TPSA) is 79.0 Å². The molecule has 2 heterocycles. The van der Waals surface area contributed by atoms with E-state index < -0.39 is 17.3 Å². The van der Waals surface area contributed by atoms with Gasteiger partial charge in [0.15, 0.2) is 6.23 Å². The third-order valence-electron chi connectivity index (χ3n) is 6.11. The molecule has 7 nitrogen and oxygen atoms in total. The number of amides is 3. The predicted molar refractivity (Wildman–Crippen MR) is 110 cm³/mol. The molecule has 3 amide bonds. The van der Waals surface area contributed by atoms with Gasteiger partial charge in [-0.2, -0.15) is 0 Å². The molecular weight excluding hydrogens is 389 g/mol.